The molecule has 8 heteroatoms. The van der Waals surface area contributed by atoms with Gasteiger partial charge < -0.3 is 9.26 Å². The summed E-state index contributed by atoms with van der Waals surface area (Å²) in [6.07, 6.45) is 0. The van der Waals surface area contributed by atoms with Gasteiger partial charge in [-0.05, 0) is 43.4 Å². The van der Waals surface area contributed by atoms with Crippen LogP contribution < -0.4 is 4.74 Å². The number of benzene rings is 1. The Hall–Kier alpha value is -1.96. The lowest BCUT2D eigenvalue weighted by atomic mass is 10.3. The zero-order valence-electron chi connectivity index (χ0n) is 12.9. The van der Waals surface area contributed by atoms with Crippen LogP contribution in [0.4, 0.5) is 4.39 Å². The highest BCUT2D eigenvalue weighted by molar-refractivity contribution is 7.16. The first kappa shape index (κ1) is 16.9. The highest BCUT2D eigenvalue weighted by atomic mass is 35.5. The summed E-state index contributed by atoms with van der Waals surface area (Å²) in [6.45, 7) is 1.44. The van der Waals surface area contributed by atoms with Gasteiger partial charge in [0.25, 0.3) is 0 Å². The molecule has 0 spiro atoms. The van der Waals surface area contributed by atoms with E-state index in [0.717, 1.165) is 10.9 Å². The number of hydrogen-bond acceptors (Lipinski definition) is 6. The number of aromatic nitrogens is 2. The first-order valence-corrected chi connectivity index (χ1v) is 8.40. The Morgan fingerprint density at radius 1 is 1.21 bits per heavy atom. The van der Waals surface area contributed by atoms with Crippen molar-refractivity contribution in [3.8, 4) is 5.75 Å². The van der Waals surface area contributed by atoms with Gasteiger partial charge >= 0.3 is 0 Å². The first-order chi connectivity index (χ1) is 11.6. The average Bonchev–Trinajstić information content (AvgIpc) is 3.16. The Morgan fingerprint density at radius 3 is 2.71 bits per heavy atom. The number of hydrogen-bond donors (Lipinski definition) is 0. The first-order valence-electron chi connectivity index (χ1n) is 7.21. The summed E-state index contributed by atoms with van der Waals surface area (Å²) in [4.78, 5) is 7.51. The largest absolute Gasteiger partial charge is 0.485 e. The van der Waals surface area contributed by atoms with E-state index in [1.165, 1.54) is 17.0 Å². The topological polar surface area (TPSA) is 51.4 Å². The molecule has 2 heterocycles. The molecule has 1 aromatic carbocycles. The SMILES string of the molecule is CN(Cc1nc(COc2ccc(F)cc2)no1)Cc1ccc(Cl)s1. The van der Waals surface area contributed by atoms with Crippen molar-refractivity contribution in [2.75, 3.05) is 7.05 Å². The van der Waals surface area contributed by atoms with E-state index < -0.39 is 0 Å². The molecular weight excluding hydrogens is 353 g/mol. The predicted molar refractivity (Wildman–Crippen MR) is 89.5 cm³/mol. The van der Waals surface area contributed by atoms with Gasteiger partial charge in [0, 0.05) is 11.4 Å². The van der Waals surface area contributed by atoms with Gasteiger partial charge in [-0.3, -0.25) is 4.90 Å². The molecule has 0 unspecified atom stereocenters. The number of thiophene rings is 1. The van der Waals surface area contributed by atoms with Crippen LogP contribution in [0.1, 0.15) is 16.6 Å². The van der Waals surface area contributed by atoms with Crippen molar-refractivity contribution < 1.29 is 13.7 Å². The molecule has 126 valence electrons. The van der Waals surface area contributed by atoms with Gasteiger partial charge in [-0.2, -0.15) is 4.98 Å². The molecule has 0 amide bonds. The summed E-state index contributed by atoms with van der Waals surface area (Å²) in [6, 6.07) is 9.66. The Kier molecular flexibility index (Phi) is 5.44. The lowest BCUT2D eigenvalue weighted by molar-refractivity contribution is 0.257. The van der Waals surface area contributed by atoms with Crippen molar-refractivity contribution in [2.45, 2.75) is 19.7 Å². The fraction of sp³-hybridized carbons (Fsp3) is 0.250. The van der Waals surface area contributed by atoms with Crippen LogP contribution in [-0.4, -0.2) is 22.1 Å². The zero-order valence-corrected chi connectivity index (χ0v) is 14.5. The molecule has 5 nitrogen and oxygen atoms in total. The van der Waals surface area contributed by atoms with Crippen molar-refractivity contribution in [3.05, 3.63) is 63.1 Å². The molecule has 3 rings (SSSR count). The summed E-state index contributed by atoms with van der Waals surface area (Å²) in [5, 5.41) is 3.88. The highest BCUT2D eigenvalue weighted by Gasteiger charge is 2.11. The number of rotatable bonds is 7. The summed E-state index contributed by atoms with van der Waals surface area (Å²) >= 11 is 7.47. The lowest BCUT2D eigenvalue weighted by Gasteiger charge is -2.12. The van der Waals surface area contributed by atoms with Gasteiger partial charge in [-0.25, -0.2) is 4.39 Å². The molecule has 0 aliphatic heterocycles. The summed E-state index contributed by atoms with van der Waals surface area (Å²) in [7, 11) is 1.96. The molecule has 0 radical (unpaired) electrons. The van der Waals surface area contributed by atoms with Crippen LogP contribution in [0.15, 0.2) is 40.9 Å². The van der Waals surface area contributed by atoms with Crippen LogP contribution in [0, 0.1) is 5.82 Å². The molecule has 24 heavy (non-hydrogen) atoms. The van der Waals surface area contributed by atoms with E-state index in [1.54, 1.807) is 23.5 Å². The third-order valence-corrected chi connectivity index (χ3v) is 4.37. The van der Waals surface area contributed by atoms with Crippen LogP contribution in [0.2, 0.25) is 4.34 Å². The van der Waals surface area contributed by atoms with Gasteiger partial charge in [0.05, 0.1) is 10.9 Å². The molecule has 0 N–H and O–H groups in total. The summed E-state index contributed by atoms with van der Waals surface area (Å²) < 4.78 is 24.3. The average molecular weight is 368 g/mol. The molecule has 3 aromatic rings. The molecule has 0 saturated heterocycles. The Labute approximate surface area is 147 Å². The number of halogens is 2. The van der Waals surface area contributed by atoms with E-state index >= 15 is 0 Å². The second-order valence-electron chi connectivity index (χ2n) is 5.23. The van der Waals surface area contributed by atoms with E-state index in [4.69, 9.17) is 20.9 Å². The Balaban J connectivity index is 1.50. The van der Waals surface area contributed by atoms with E-state index in [2.05, 4.69) is 15.0 Å². The molecule has 0 aliphatic rings. The van der Waals surface area contributed by atoms with Gasteiger partial charge in [0.15, 0.2) is 6.61 Å². The van der Waals surface area contributed by atoms with Gasteiger partial charge in [-0.1, -0.05) is 16.8 Å². The molecule has 2 aromatic heterocycles. The van der Waals surface area contributed by atoms with Crippen molar-refractivity contribution in [2.24, 2.45) is 0 Å². The minimum absolute atomic E-state index is 0.166. The van der Waals surface area contributed by atoms with E-state index in [-0.39, 0.29) is 12.4 Å². The van der Waals surface area contributed by atoms with Crippen LogP contribution in [0.25, 0.3) is 0 Å². The van der Waals surface area contributed by atoms with Crippen LogP contribution in [-0.2, 0) is 19.7 Å². The molecular formula is C16H15ClFN3O2S. The maximum Gasteiger partial charge on any atom is 0.240 e. The normalized spacial score (nSPS) is 11.2. The third kappa shape index (κ3) is 4.77. The summed E-state index contributed by atoms with van der Waals surface area (Å²) in [5.41, 5.74) is 0. The van der Waals surface area contributed by atoms with Crippen molar-refractivity contribution in [3.63, 3.8) is 0 Å². The van der Waals surface area contributed by atoms with Gasteiger partial charge in [0.1, 0.15) is 11.6 Å². The highest BCUT2D eigenvalue weighted by Crippen LogP contribution is 2.22. The quantitative estimate of drug-likeness (QED) is 0.628. The number of nitrogens with zero attached hydrogens (tertiary/aromatic N) is 3. The predicted octanol–water partition coefficient (Wildman–Crippen LogP) is 4.13. The van der Waals surface area contributed by atoms with E-state index in [0.29, 0.717) is 24.0 Å². The van der Waals surface area contributed by atoms with Crippen molar-refractivity contribution in [1.29, 1.82) is 0 Å². The van der Waals surface area contributed by atoms with Crippen LogP contribution in [0.5, 0.6) is 5.75 Å². The molecule has 0 fully saturated rings. The third-order valence-electron chi connectivity index (χ3n) is 3.15. The number of ether oxygens (including phenoxy) is 1. The fourth-order valence-electron chi connectivity index (χ4n) is 2.08. The fourth-order valence-corrected chi connectivity index (χ4v) is 3.25. The second-order valence-corrected chi connectivity index (χ2v) is 7.02. The maximum atomic E-state index is 12.8. The summed E-state index contributed by atoms with van der Waals surface area (Å²) in [5.74, 6) is 1.20. The molecule has 0 atom stereocenters. The maximum absolute atomic E-state index is 12.8. The molecule has 0 bridgehead atoms. The van der Waals surface area contributed by atoms with Crippen LogP contribution >= 0.6 is 22.9 Å². The second kappa shape index (κ2) is 7.74. The molecule has 0 saturated carbocycles. The van der Waals surface area contributed by atoms with E-state index in [1.807, 2.05) is 19.2 Å². The molecule has 0 aliphatic carbocycles. The lowest BCUT2D eigenvalue weighted by Crippen LogP contribution is -2.16. The monoisotopic (exact) mass is 367 g/mol. The van der Waals surface area contributed by atoms with Crippen LogP contribution in [0.3, 0.4) is 0 Å². The van der Waals surface area contributed by atoms with Crippen molar-refractivity contribution >= 4 is 22.9 Å². The Bertz CT molecular complexity index is 791. The Morgan fingerprint density at radius 2 is 2.00 bits per heavy atom. The zero-order chi connectivity index (χ0) is 16.9. The van der Waals surface area contributed by atoms with Gasteiger partial charge in [-0.15, -0.1) is 11.3 Å². The standard InChI is InChI=1S/C16H15ClFN3O2S/c1-21(8-13-6-7-14(17)24-13)9-16-19-15(20-23-16)10-22-12-4-2-11(18)3-5-12/h2-7H,8-10H2,1H3. The minimum atomic E-state index is -0.306. The minimum Gasteiger partial charge on any atom is -0.485 e. The van der Waals surface area contributed by atoms with E-state index in [9.17, 15) is 4.39 Å². The van der Waals surface area contributed by atoms with Crippen molar-refractivity contribution in [1.82, 2.24) is 15.0 Å². The smallest absolute Gasteiger partial charge is 0.240 e. The van der Waals surface area contributed by atoms with Gasteiger partial charge in [0.2, 0.25) is 11.7 Å².